The minimum Gasteiger partial charge on any atom is -0.481 e. The molecule has 1 rings (SSSR count). The molecule has 154 valence electrons. The maximum Gasteiger partial charge on any atom is 0.306 e. The molecule has 0 bridgehead atoms. The monoisotopic (exact) mass is 394 g/mol. The van der Waals surface area contributed by atoms with Crippen molar-refractivity contribution in [3.63, 3.8) is 0 Å². The summed E-state index contributed by atoms with van der Waals surface area (Å²) in [5.41, 5.74) is 0.892. The molecule has 0 aliphatic carbocycles. The predicted octanol–water partition coefficient (Wildman–Crippen LogP) is 2.95. The van der Waals surface area contributed by atoms with Crippen LogP contribution in [0.15, 0.2) is 30.3 Å². The third-order valence-corrected chi connectivity index (χ3v) is 4.40. The molecule has 0 aromatic heterocycles. The zero-order chi connectivity index (χ0) is 20.9. The van der Waals surface area contributed by atoms with Gasteiger partial charge in [-0.15, -0.1) is 0 Å². The van der Waals surface area contributed by atoms with Gasteiger partial charge in [0.15, 0.2) is 0 Å². The van der Waals surface area contributed by atoms with Crippen LogP contribution in [0.5, 0.6) is 0 Å². The van der Waals surface area contributed by atoms with Crippen molar-refractivity contribution >= 4 is 23.9 Å². The van der Waals surface area contributed by atoms with E-state index in [1.165, 1.54) is 0 Å². The number of hydrogen-bond acceptors (Lipinski definition) is 5. The van der Waals surface area contributed by atoms with Gasteiger partial charge in [0.1, 0.15) is 6.61 Å². The summed E-state index contributed by atoms with van der Waals surface area (Å²) in [6.07, 6.45) is 0.903. The van der Waals surface area contributed by atoms with Crippen LogP contribution in [-0.4, -0.2) is 39.2 Å². The van der Waals surface area contributed by atoms with Crippen molar-refractivity contribution in [1.29, 1.82) is 0 Å². The van der Waals surface area contributed by atoms with Crippen molar-refractivity contribution in [2.24, 2.45) is 11.8 Å². The number of carboxylic acids is 3. The van der Waals surface area contributed by atoms with Crippen LogP contribution in [0.3, 0.4) is 0 Å². The summed E-state index contributed by atoms with van der Waals surface area (Å²) in [6, 6.07) is 9.27. The van der Waals surface area contributed by atoms with Crippen LogP contribution in [0.4, 0.5) is 0 Å². The Bertz CT molecular complexity index is 639. The molecule has 1 atom stereocenters. The number of carbonyl (C=O) groups is 4. The van der Waals surface area contributed by atoms with Gasteiger partial charge in [0.2, 0.25) is 0 Å². The molecule has 0 radical (unpaired) electrons. The highest BCUT2D eigenvalue weighted by Gasteiger charge is 2.31. The topological polar surface area (TPSA) is 138 Å². The highest BCUT2D eigenvalue weighted by Crippen LogP contribution is 2.26. The van der Waals surface area contributed by atoms with Crippen LogP contribution in [0.2, 0.25) is 0 Å². The van der Waals surface area contributed by atoms with Gasteiger partial charge in [-0.3, -0.25) is 19.2 Å². The molecule has 0 saturated carbocycles. The van der Waals surface area contributed by atoms with Gasteiger partial charge in [0.05, 0.1) is 5.92 Å². The third-order valence-electron chi connectivity index (χ3n) is 4.40. The molecule has 0 aliphatic heterocycles. The number of carboxylic acid groups (broad SMARTS) is 3. The lowest BCUT2D eigenvalue weighted by Crippen LogP contribution is -2.28. The lowest BCUT2D eigenvalue weighted by molar-refractivity contribution is -0.148. The Morgan fingerprint density at radius 1 is 0.857 bits per heavy atom. The standard InChI is InChI=1S/C20H26O8/c21-17(22)11-15(12-18(23)24)16(20(26)27)9-5-2-6-10-19(25)28-13-14-7-3-1-4-8-14/h1,3-4,7-8,15-16H,2,5-6,9-13H2,(H,21,22)(H,23,24)(H,26,27). The first-order chi connectivity index (χ1) is 13.3. The molecular formula is C20H26O8. The van der Waals surface area contributed by atoms with Crippen molar-refractivity contribution in [2.75, 3.05) is 0 Å². The van der Waals surface area contributed by atoms with Crippen LogP contribution in [0.25, 0.3) is 0 Å². The second kappa shape index (κ2) is 12.5. The number of rotatable bonds is 14. The average Bonchev–Trinajstić information content (AvgIpc) is 2.62. The molecule has 0 aliphatic rings. The molecule has 1 unspecified atom stereocenters. The molecule has 0 spiro atoms. The number of aliphatic carboxylic acids is 3. The van der Waals surface area contributed by atoms with Crippen LogP contribution >= 0.6 is 0 Å². The van der Waals surface area contributed by atoms with Crippen molar-refractivity contribution in [3.05, 3.63) is 35.9 Å². The van der Waals surface area contributed by atoms with Gasteiger partial charge >= 0.3 is 23.9 Å². The first kappa shape index (κ1) is 23.1. The van der Waals surface area contributed by atoms with Gasteiger partial charge in [0.25, 0.3) is 0 Å². The molecule has 28 heavy (non-hydrogen) atoms. The summed E-state index contributed by atoms with van der Waals surface area (Å²) >= 11 is 0. The number of hydrogen-bond donors (Lipinski definition) is 3. The molecular weight excluding hydrogens is 368 g/mol. The molecule has 0 saturated heterocycles. The summed E-state index contributed by atoms with van der Waals surface area (Å²) in [5.74, 6) is -6.00. The number of esters is 1. The number of carbonyl (C=O) groups excluding carboxylic acids is 1. The largest absolute Gasteiger partial charge is 0.481 e. The maximum absolute atomic E-state index is 11.7. The van der Waals surface area contributed by atoms with Crippen LogP contribution in [0, 0.1) is 11.8 Å². The van der Waals surface area contributed by atoms with E-state index in [-0.39, 0.29) is 25.4 Å². The second-order valence-electron chi connectivity index (χ2n) is 6.65. The van der Waals surface area contributed by atoms with E-state index in [1.54, 1.807) is 0 Å². The number of benzene rings is 1. The van der Waals surface area contributed by atoms with E-state index in [0.717, 1.165) is 5.56 Å². The van der Waals surface area contributed by atoms with Crippen molar-refractivity contribution in [3.8, 4) is 0 Å². The predicted molar refractivity (Wildman–Crippen MR) is 98.4 cm³/mol. The number of ether oxygens (including phenoxy) is 1. The summed E-state index contributed by atoms with van der Waals surface area (Å²) < 4.78 is 5.16. The van der Waals surface area contributed by atoms with Gasteiger partial charge in [-0.05, 0) is 24.3 Å². The first-order valence-electron chi connectivity index (χ1n) is 9.15. The Hall–Kier alpha value is -2.90. The third kappa shape index (κ3) is 9.70. The molecule has 1 aromatic rings. The summed E-state index contributed by atoms with van der Waals surface area (Å²) in [7, 11) is 0. The fraction of sp³-hybridized carbons (Fsp3) is 0.500. The molecule has 8 nitrogen and oxygen atoms in total. The summed E-state index contributed by atoms with van der Waals surface area (Å²) in [6.45, 7) is 0.201. The molecule has 1 aromatic carbocycles. The molecule has 0 amide bonds. The van der Waals surface area contributed by atoms with Gasteiger partial charge in [-0.25, -0.2) is 0 Å². The Morgan fingerprint density at radius 2 is 1.46 bits per heavy atom. The Labute approximate surface area is 163 Å². The average molecular weight is 394 g/mol. The van der Waals surface area contributed by atoms with E-state index >= 15 is 0 Å². The van der Waals surface area contributed by atoms with Gasteiger partial charge in [-0.1, -0.05) is 43.2 Å². The minimum absolute atomic E-state index is 0.166. The van der Waals surface area contributed by atoms with Gasteiger partial charge < -0.3 is 20.1 Å². The van der Waals surface area contributed by atoms with Crippen LogP contribution in [-0.2, 0) is 30.5 Å². The van der Waals surface area contributed by atoms with Crippen molar-refractivity contribution < 1.29 is 39.2 Å². The quantitative estimate of drug-likeness (QED) is 0.323. The van der Waals surface area contributed by atoms with E-state index in [9.17, 15) is 24.3 Å². The number of unbranched alkanes of at least 4 members (excludes halogenated alkanes) is 2. The van der Waals surface area contributed by atoms with Crippen LogP contribution in [0.1, 0.15) is 50.5 Å². The lowest BCUT2D eigenvalue weighted by Gasteiger charge is -2.21. The van der Waals surface area contributed by atoms with Crippen molar-refractivity contribution in [2.45, 2.75) is 51.6 Å². The maximum atomic E-state index is 11.7. The zero-order valence-electron chi connectivity index (χ0n) is 15.6. The van der Waals surface area contributed by atoms with E-state index in [0.29, 0.717) is 19.3 Å². The molecule has 3 N–H and O–H groups in total. The lowest BCUT2D eigenvalue weighted by atomic mass is 9.83. The highest BCUT2D eigenvalue weighted by atomic mass is 16.5. The Balaban J connectivity index is 2.35. The summed E-state index contributed by atoms with van der Waals surface area (Å²) in [4.78, 5) is 45.0. The van der Waals surface area contributed by atoms with E-state index in [4.69, 9.17) is 14.9 Å². The second-order valence-corrected chi connectivity index (χ2v) is 6.65. The normalized spacial score (nSPS) is 11.8. The highest BCUT2D eigenvalue weighted by molar-refractivity contribution is 5.75. The van der Waals surface area contributed by atoms with Gasteiger partial charge in [-0.2, -0.15) is 0 Å². The molecule has 8 heteroatoms. The Morgan fingerprint density at radius 3 is 2.00 bits per heavy atom. The molecule has 0 fully saturated rings. The van der Waals surface area contributed by atoms with Crippen LogP contribution < -0.4 is 0 Å². The SMILES string of the molecule is O=C(O)CC(CC(=O)O)C(CCCCCC(=O)OCc1ccccc1)C(=O)O. The van der Waals surface area contributed by atoms with Gasteiger partial charge in [0, 0.05) is 19.3 Å². The molecule has 0 heterocycles. The van der Waals surface area contributed by atoms with E-state index in [2.05, 4.69) is 0 Å². The van der Waals surface area contributed by atoms with E-state index in [1.807, 2.05) is 30.3 Å². The minimum atomic E-state index is -1.22. The van der Waals surface area contributed by atoms with E-state index < -0.39 is 42.6 Å². The fourth-order valence-electron chi connectivity index (χ4n) is 2.99. The fourth-order valence-corrected chi connectivity index (χ4v) is 2.99. The Kier molecular flexibility index (Phi) is 10.3. The smallest absolute Gasteiger partial charge is 0.306 e. The van der Waals surface area contributed by atoms with Crippen molar-refractivity contribution in [1.82, 2.24) is 0 Å². The first-order valence-corrected chi connectivity index (χ1v) is 9.15. The summed E-state index contributed by atoms with van der Waals surface area (Å²) in [5, 5.41) is 27.1. The zero-order valence-corrected chi connectivity index (χ0v) is 15.6.